The molecule has 0 amide bonds. The Kier molecular flexibility index (Phi) is 6.19. The summed E-state index contributed by atoms with van der Waals surface area (Å²) in [6, 6.07) is 0. The Morgan fingerprint density at radius 2 is 2.00 bits per heavy atom. The molecule has 0 radical (unpaired) electrons. The van der Waals surface area contributed by atoms with Gasteiger partial charge in [-0.25, -0.2) is 0 Å². The van der Waals surface area contributed by atoms with Crippen LogP contribution in [0.15, 0.2) is 23.1 Å². The maximum absolute atomic E-state index is 10.2. The molecule has 10 heavy (non-hydrogen) atoms. The first kappa shape index (κ1) is 11.0. The van der Waals surface area contributed by atoms with E-state index >= 15 is 0 Å². The van der Waals surface area contributed by atoms with Gasteiger partial charge in [-0.1, -0.05) is 0 Å². The second-order valence-electron chi connectivity index (χ2n) is 1.65. The zero-order valence-corrected chi connectivity index (χ0v) is 10.9. The quantitative estimate of drug-likeness (QED) is 0.430. The van der Waals surface area contributed by atoms with Crippen LogP contribution in [0.4, 0.5) is 4.79 Å². The molecule has 4 heteroatoms. The Balaban J connectivity index is 0.000000810. The number of allylic oxidation sites excluding steroid dienone is 3. The van der Waals surface area contributed by atoms with E-state index < -0.39 is 18.7 Å². The summed E-state index contributed by atoms with van der Waals surface area (Å²) in [6.45, 7) is 0. The van der Waals surface area contributed by atoms with E-state index in [1.54, 1.807) is 21.9 Å². The van der Waals surface area contributed by atoms with Gasteiger partial charge in [-0.3, -0.25) is 0 Å². The van der Waals surface area contributed by atoms with Crippen molar-refractivity contribution in [3.8, 4) is 0 Å². The molecule has 46 valence electrons. The van der Waals surface area contributed by atoms with Gasteiger partial charge in [-0.15, -0.1) is 0 Å². The molecule has 1 aliphatic rings. The molecule has 2 nitrogen and oxygen atoms in total. The van der Waals surface area contributed by atoms with Crippen molar-refractivity contribution in [2.45, 2.75) is 0 Å². The van der Waals surface area contributed by atoms with Crippen molar-refractivity contribution in [3.05, 3.63) is 23.1 Å². The van der Waals surface area contributed by atoms with Crippen LogP contribution < -0.4 is 56.5 Å². The minimum atomic E-state index is -2.04. The van der Waals surface area contributed by atoms with Crippen LogP contribution in [-0.4, -0.2) is 23.6 Å². The molecule has 1 heterocycles. The topological polar surface area (TPSA) is 40.1 Å². The molecule has 0 saturated carbocycles. The van der Waals surface area contributed by atoms with E-state index in [1.807, 2.05) is 6.08 Å². The average molecular weight is 221 g/mol. The maximum Gasteiger partial charge on any atom is 1.00 e. The molecule has 0 aliphatic carbocycles. The largest absolute Gasteiger partial charge is 1.00 e. The Bertz CT molecular complexity index is 218. The molecule has 0 atom stereocenters. The van der Waals surface area contributed by atoms with Crippen molar-refractivity contribution in [3.63, 3.8) is 0 Å². The van der Waals surface area contributed by atoms with Gasteiger partial charge in [0, 0.05) is 0 Å². The summed E-state index contributed by atoms with van der Waals surface area (Å²) in [6.07, 6.45) is 5.36. The van der Waals surface area contributed by atoms with Crippen molar-refractivity contribution >= 4 is 23.6 Å². The summed E-state index contributed by atoms with van der Waals surface area (Å²) in [5, 5.41) is 10.2. The summed E-state index contributed by atoms with van der Waals surface area (Å²) in [7, 11) is 0. The van der Waals surface area contributed by atoms with E-state index in [4.69, 9.17) is 0 Å². The Morgan fingerprint density at radius 3 is 2.30 bits per heavy atom. The first-order valence-electron chi connectivity index (χ1n) is 2.57. The van der Waals surface area contributed by atoms with Gasteiger partial charge in [0.15, 0.2) is 0 Å². The summed E-state index contributed by atoms with van der Waals surface area (Å²) < 4.78 is 0. The van der Waals surface area contributed by atoms with E-state index in [0.717, 1.165) is 0 Å². The predicted octanol–water partition coefficient (Wildman–Crippen LogP) is -3.54. The van der Waals surface area contributed by atoms with Gasteiger partial charge in [-0.2, -0.15) is 0 Å². The van der Waals surface area contributed by atoms with Crippen LogP contribution >= 0.6 is 0 Å². The molecule has 0 unspecified atom stereocenters. The fraction of sp³-hybridized carbons (Fsp3) is 0. The number of hydrogen-bond acceptors (Lipinski definition) is 2. The molecular formula is C6H5GeKO2. The molecule has 1 aliphatic heterocycles. The van der Waals surface area contributed by atoms with Crippen LogP contribution in [0.3, 0.4) is 0 Å². The van der Waals surface area contributed by atoms with Crippen molar-refractivity contribution in [1.29, 1.82) is 0 Å². The average Bonchev–Trinajstić information content (AvgIpc) is 1.90. The first-order chi connectivity index (χ1) is 4.30. The Morgan fingerprint density at radius 1 is 1.30 bits per heavy atom. The van der Waals surface area contributed by atoms with Crippen molar-refractivity contribution in [2.75, 3.05) is 0 Å². The molecule has 0 aromatic heterocycles. The van der Waals surface area contributed by atoms with Gasteiger partial charge in [0.2, 0.25) is 0 Å². The second-order valence-corrected chi connectivity index (χ2v) is 5.82. The Labute approximate surface area is 106 Å². The standard InChI is InChI=1S/C6H6GeO2.K/c8-6(9)7-4-2-1-3-5-7;/h1-5H,(H,8,9);/q;+1/p-1. The smallest absolute Gasteiger partial charge is 1.00 e. The number of carboxylic acid groups (broad SMARTS) is 1. The second kappa shape index (κ2) is 5.62. The fourth-order valence-corrected chi connectivity index (χ4v) is 2.71. The summed E-state index contributed by atoms with van der Waals surface area (Å²) in [5.74, 6) is 0. The molecule has 0 N–H and O–H groups in total. The van der Waals surface area contributed by atoms with Gasteiger partial charge in [0.25, 0.3) is 0 Å². The number of carbonyl (C=O) groups excluding carboxylic acids is 1. The van der Waals surface area contributed by atoms with Crippen molar-refractivity contribution < 1.29 is 61.3 Å². The van der Waals surface area contributed by atoms with Gasteiger partial charge >= 0.3 is 108 Å². The third-order valence-corrected chi connectivity index (χ3v) is 4.31. The van der Waals surface area contributed by atoms with Crippen LogP contribution in [0.1, 0.15) is 0 Å². The third kappa shape index (κ3) is 3.41. The summed E-state index contributed by atoms with van der Waals surface area (Å²) in [5.41, 5.74) is 0. The minimum Gasteiger partial charge on any atom is 1.00 e. The molecular weight excluding hydrogens is 216 g/mol. The number of hydrogen-bond donors (Lipinski definition) is 0. The van der Waals surface area contributed by atoms with Crippen LogP contribution in [0.5, 0.6) is 0 Å². The first-order valence-corrected chi connectivity index (χ1v) is 6.04. The number of rotatable bonds is 1. The molecule has 1 rings (SSSR count). The molecule has 0 bridgehead atoms. The fourth-order valence-electron chi connectivity index (χ4n) is 0.574. The zero-order chi connectivity index (χ0) is 6.69. The number of carbonyl (C=O) groups is 1. The summed E-state index contributed by atoms with van der Waals surface area (Å²) >= 11 is -2.04. The van der Waals surface area contributed by atoms with Crippen LogP contribution in [-0.2, 0) is 0 Å². The maximum atomic E-state index is 10.2. The molecule has 0 aromatic rings. The van der Waals surface area contributed by atoms with Gasteiger partial charge in [0.05, 0.1) is 0 Å². The van der Waals surface area contributed by atoms with Crippen LogP contribution in [0.2, 0.25) is 0 Å². The molecule has 0 aromatic carbocycles. The van der Waals surface area contributed by atoms with Gasteiger partial charge in [-0.05, 0) is 0 Å². The predicted molar refractivity (Wildman–Crippen MR) is 35.5 cm³/mol. The Hall–Kier alpha value is 0.999. The van der Waals surface area contributed by atoms with E-state index in [2.05, 4.69) is 0 Å². The normalized spacial score (nSPS) is 13.8. The van der Waals surface area contributed by atoms with Crippen LogP contribution in [0.25, 0.3) is 0 Å². The molecule has 0 saturated heterocycles. The third-order valence-electron chi connectivity index (χ3n) is 1.01. The van der Waals surface area contributed by atoms with E-state index in [-0.39, 0.29) is 51.4 Å². The monoisotopic (exact) mass is 222 g/mol. The van der Waals surface area contributed by atoms with Gasteiger partial charge in [0.1, 0.15) is 0 Å². The molecule has 0 spiro atoms. The van der Waals surface area contributed by atoms with E-state index in [1.165, 1.54) is 0 Å². The zero-order valence-electron chi connectivity index (χ0n) is 5.70. The van der Waals surface area contributed by atoms with E-state index in [9.17, 15) is 9.90 Å². The van der Waals surface area contributed by atoms with Gasteiger partial charge < -0.3 is 0 Å². The van der Waals surface area contributed by atoms with Crippen LogP contribution in [0, 0.1) is 0 Å². The minimum absolute atomic E-state index is 0. The van der Waals surface area contributed by atoms with E-state index in [0.29, 0.717) is 0 Å². The summed E-state index contributed by atoms with van der Waals surface area (Å²) in [4.78, 5) is 12.8. The SMILES string of the molecule is O=[C]([O-])[Ge]1=[CH]C=CC=[CH]1.[K+]. The molecule has 0 fully saturated rings. The van der Waals surface area contributed by atoms with Crippen molar-refractivity contribution in [2.24, 2.45) is 0 Å². The van der Waals surface area contributed by atoms with Crippen molar-refractivity contribution in [1.82, 2.24) is 0 Å².